The molecular formula is C13H19F3N2S. The highest BCUT2D eigenvalue weighted by Gasteiger charge is 2.45. The van der Waals surface area contributed by atoms with Gasteiger partial charge in [0, 0.05) is 17.1 Å². The molecule has 0 aliphatic heterocycles. The zero-order valence-electron chi connectivity index (χ0n) is 11.1. The highest BCUT2D eigenvalue weighted by Crippen LogP contribution is 2.38. The summed E-state index contributed by atoms with van der Waals surface area (Å²) in [5.74, 6) is -1.22. The summed E-state index contributed by atoms with van der Waals surface area (Å²) < 4.78 is 39.0. The van der Waals surface area contributed by atoms with Gasteiger partial charge in [0.25, 0.3) is 0 Å². The number of alkyl halides is 3. The van der Waals surface area contributed by atoms with Crippen LogP contribution in [0.4, 0.5) is 13.2 Å². The molecule has 1 saturated carbocycles. The number of hydrogen-bond donors (Lipinski definition) is 1. The van der Waals surface area contributed by atoms with Crippen molar-refractivity contribution in [3.05, 3.63) is 16.1 Å². The van der Waals surface area contributed by atoms with Crippen LogP contribution in [0.2, 0.25) is 0 Å². The van der Waals surface area contributed by atoms with Crippen molar-refractivity contribution in [2.75, 3.05) is 0 Å². The van der Waals surface area contributed by atoms with Gasteiger partial charge in [0.15, 0.2) is 0 Å². The van der Waals surface area contributed by atoms with Crippen LogP contribution < -0.4 is 5.32 Å². The lowest BCUT2D eigenvalue weighted by atomic mass is 9.83. The van der Waals surface area contributed by atoms with Gasteiger partial charge in [-0.25, -0.2) is 4.98 Å². The minimum atomic E-state index is -4.10. The molecule has 0 saturated heterocycles. The predicted molar refractivity (Wildman–Crippen MR) is 70.2 cm³/mol. The Morgan fingerprint density at radius 1 is 1.37 bits per heavy atom. The molecule has 0 radical (unpaired) electrons. The lowest BCUT2D eigenvalue weighted by Gasteiger charge is -2.35. The summed E-state index contributed by atoms with van der Waals surface area (Å²) >= 11 is 1.54. The minimum Gasteiger partial charge on any atom is -0.305 e. The lowest BCUT2D eigenvalue weighted by molar-refractivity contribution is -0.189. The van der Waals surface area contributed by atoms with Crippen LogP contribution >= 0.6 is 11.3 Å². The van der Waals surface area contributed by atoms with E-state index >= 15 is 0 Å². The topological polar surface area (TPSA) is 24.9 Å². The van der Waals surface area contributed by atoms with Gasteiger partial charge in [-0.1, -0.05) is 12.8 Å². The van der Waals surface area contributed by atoms with Crippen molar-refractivity contribution in [3.8, 4) is 0 Å². The molecule has 0 aromatic carbocycles. The van der Waals surface area contributed by atoms with Crippen LogP contribution in [0.1, 0.15) is 48.5 Å². The number of halogens is 3. The van der Waals surface area contributed by atoms with Gasteiger partial charge in [-0.2, -0.15) is 13.2 Å². The normalized spacial score (nSPS) is 26.4. The van der Waals surface area contributed by atoms with Gasteiger partial charge in [-0.05, 0) is 26.7 Å². The van der Waals surface area contributed by atoms with Crippen molar-refractivity contribution >= 4 is 11.3 Å². The maximum Gasteiger partial charge on any atom is 0.393 e. The van der Waals surface area contributed by atoms with Crippen molar-refractivity contribution in [1.82, 2.24) is 10.3 Å². The number of aromatic nitrogens is 1. The monoisotopic (exact) mass is 292 g/mol. The highest BCUT2D eigenvalue weighted by atomic mass is 32.1. The van der Waals surface area contributed by atoms with E-state index in [1.165, 1.54) is 11.3 Å². The molecule has 1 heterocycles. The third kappa shape index (κ3) is 3.69. The van der Waals surface area contributed by atoms with Crippen LogP contribution in [-0.2, 0) is 0 Å². The largest absolute Gasteiger partial charge is 0.393 e. The highest BCUT2D eigenvalue weighted by molar-refractivity contribution is 7.11. The van der Waals surface area contributed by atoms with Crippen LogP contribution in [-0.4, -0.2) is 17.2 Å². The first kappa shape index (κ1) is 14.8. The van der Waals surface area contributed by atoms with Gasteiger partial charge in [0.2, 0.25) is 0 Å². The zero-order valence-corrected chi connectivity index (χ0v) is 11.9. The van der Waals surface area contributed by atoms with Crippen LogP contribution in [0.25, 0.3) is 0 Å². The molecule has 108 valence electrons. The average molecular weight is 292 g/mol. The summed E-state index contributed by atoms with van der Waals surface area (Å²) in [6.07, 6.45) is 0.0432. The Balaban J connectivity index is 2.03. The van der Waals surface area contributed by atoms with Crippen molar-refractivity contribution in [2.24, 2.45) is 5.92 Å². The zero-order chi connectivity index (χ0) is 14.0. The average Bonchev–Trinajstić information content (AvgIpc) is 2.75. The molecule has 1 aliphatic rings. The molecule has 2 nitrogen and oxygen atoms in total. The molecule has 1 N–H and O–H groups in total. The van der Waals surface area contributed by atoms with Crippen LogP contribution in [0.15, 0.2) is 6.20 Å². The summed E-state index contributed by atoms with van der Waals surface area (Å²) in [5.41, 5.74) is 0. The van der Waals surface area contributed by atoms with Crippen LogP contribution in [0.5, 0.6) is 0 Å². The second kappa shape index (κ2) is 5.79. The number of nitrogens with zero attached hydrogens (tertiary/aromatic N) is 1. The quantitative estimate of drug-likeness (QED) is 0.902. The Bertz CT molecular complexity index is 416. The first-order valence-corrected chi connectivity index (χ1v) is 7.44. The van der Waals surface area contributed by atoms with Crippen molar-refractivity contribution < 1.29 is 13.2 Å². The summed E-state index contributed by atoms with van der Waals surface area (Å²) in [7, 11) is 0. The molecule has 0 amide bonds. The minimum absolute atomic E-state index is 0.119. The summed E-state index contributed by atoms with van der Waals surface area (Å²) in [4.78, 5) is 5.33. The lowest BCUT2D eigenvalue weighted by Crippen LogP contribution is -2.46. The number of nitrogens with one attached hydrogen (secondary N) is 1. The van der Waals surface area contributed by atoms with Gasteiger partial charge < -0.3 is 5.32 Å². The third-order valence-electron chi connectivity index (χ3n) is 3.66. The summed E-state index contributed by atoms with van der Waals surface area (Å²) in [6.45, 7) is 3.84. The molecule has 6 heteroatoms. The van der Waals surface area contributed by atoms with Crippen molar-refractivity contribution in [3.63, 3.8) is 0 Å². The van der Waals surface area contributed by atoms with E-state index in [9.17, 15) is 13.2 Å². The van der Waals surface area contributed by atoms with E-state index in [2.05, 4.69) is 10.3 Å². The first-order valence-electron chi connectivity index (χ1n) is 6.63. The second-order valence-corrected chi connectivity index (χ2v) is 6.50. The molecule has 1 aromatic heterocycles. The Morgan fingerprint density at radius 3 is 2.63 bits per heavy atom. The maximum atomic E-state index is 13.0. The molecule has 0 bridgehead atoms. The standard InChI is InChI=1S/C13H19F3N2S/c1-8-7-17-12(19-8)9(2)18-11-6-4-3-5-10(11)13(14,15)16/h7,9-11,18H,3-6H2,1-2H3. The summed E-state index contributed by atoms with van der Waals surface area (Å²) in [5, 5.41) is 4.00. The van der Waals surface area contributed by atoms with E-state index in [0.717, 1.165) is 16.3 Å². The van der Waals surface area contributed by atoms with E-state index < -0.39 is 18.1 Å². The molecule has 1 fully saturated rings. The van der Waals surface area contributed by atoms with Gasteiger partial charge >= 0.3 is 6.18 Å². The molecule has 19 heavy (non-hydrogen) atoms. The van der Waals surface area contributed by atoms with Crippen LogP contribution in [0.3, 0.4) is 0 Å². The first-order chi connectivity index (χ1) is 8.88. The molecule has 3 atom stereocenters. The van der Waals surface area contributed by atoms with Crippen molar-refractivity contribution in [1.29, 1.82) is 0 Å². The fourth-order valence-corrected chi connectivity index (χ4v) is 3.47. The number of rotatable bonds is 3. The molecule has 3 unspecified atom stereocenters. The molecule has 1 aliphatic carbocycles. The molecule has 1 aromatic rings. The van der Waals surface area contributed by atoms with E-state index in [0.29, 0.717) is 12.8 Å². The van der Waals surface area contributed by atoms with Gasteiger partial charge in [0.05, 0.1) is 12.0 Å². The molecule has 2 rings (SSSR count). The van der Waals surface area contributed by atoms with Gasteiger partial charge in [-0.15, -0.1) is 11.3 Å². The molecule has 0 spiro atoms. The Morgan fingerprint density at radius 2 is 2.05 bits per heavy atom. The summed E-state index contributed by atoms with van der Waals surface area (Å²) in [6, 6.07) is -0.598. The van der Waals surface area contributed by atoms with Gasteiger partial charge in [0.1, 0.15) is 5.01 Å². The van der Waals surface area contributed by atoms with Gasteiger partial charge in [-0.3, -0.25) is 0 Å². The molecular weight excluding hydrogens is 273 g/mol. The third-order valence-corrected chi connectivity index (χ3v) is 4.76. The number of thiazole rings is 1. The van der Waals surface area contributed by atoms with E-state index in [1.807, 2.05) is 13.8 Å². The van der Waals surface area contributed by atoms with E-state index in [-0.39, 0.29) is 12.5 Å². The maximum absolute atomic E-state index is 13.0. The van der Waals surface area contributed by atoms with Crippen molar-refractivity contribution in [2.45, 2.75) is 57.8 Å². The fraction of sp³-hybridized carbons (Fsp3) is 0.769. The van der Waals surface area contributed by atoms with Crippen LogP contribution in [0, 0.1) is 12.8 Å². The number of hydrogen-bond acceptors (Lipinski definition) is 3. The smallest absolute Gasteiger partial charge is 0.305 e. The predicted octanol–water partition coefficient (Wildman–Crippen LogP) is 4.22. The SMILES string of the molecule is Cc1cnc(C(C)NC2CCCCC2C(F)(F)F)s1. The fourth-order valence-electron chi connectivity index (χ4n) is 2.69. The Hall–Kier alpha value is -0.620. The number of aryl methyl sites for hydroxylation is 1. The Kier molecular flexibility index (Phi) is 4.50. The van der Waals surface area contributed by atoms with E-state index in [4.69, 9.17) is 0 Å². The second-order valence-electron chi connectivity index (χ2n) is 5.24. The van der Waals surface area contributed by atoms with E-state index in [1.54, 1.807) is 6.20 Å². The Labute approximate surface area is 115 Å².